The Morgan fingerprint density at radius 3 is 1.74 bits per heavy atom. The van der Waals surface area contributed by atoms with E-state index in [1.165, 1.54) is 44.3 Å². The Bertz CT molecular complexity index is 1550. The predicted molar refractivity (Wildman–Crippen MR) is 155 cm³/mol. The van der Waals surface area contributed by atoms with Crippen LogP contribution >= 0.6 is 24.1 Å². The number of azo groups is 2. The van der Waals surface area contributed by atoms with Crippen molar-refractivity contribution in [1.82, 2.24) is 0 Å². The summed E-state index contributed by atoms with van der Waals surface area (Å²) in [7, 11) is -7.81. The van der Waals surface area contributed by atoms with Crippen LogP contribution in [0.5, 0.6) is 0 Å². The van der Waals surface area contributed by atoms with Crippen LogP contribution in [0.4, 0.5) is 28.4 Å². The van der Waals surface area contributed by atoms with Crippen molar-refractivity contribution >= 4 is 72.8 Å². The maximum absolute atomic E-state index is 11.9. The van der Waals surface area contributed by atoms with E-state index in [0.717, 1.165) is 24.2 Å². The molecule has 230 valence electrons. The van der Waals surface area contributed by atoms with Gasteiger partial charge < -0.3 is 5.73 Å². The number of hydrogen-bond acceptors (Lipinski definition) is 15. The van der Waals surface area contributed by atoms with E-state index < -0.39 is 30.0 Å². The quantitative estimate of drug-likeness (QED) is 0.0452. The molecule has 0 spiro atoms. The van der Waals surface area contributed by atoms with E-state index in [-0.39, 0.29) is 93.7 Å². The molecular formula is C22H27N5O10S4Y2. The van der Waals surface area contributed by atoms with Gasteiger partial charge in [0.15, 0.2) is 0 Å². The van der Waals surface area contributed by atoms with Gasteiger partial charge in [-0.1, -0.05) is 30.3 Å². The molecule has 0 heterocycles. The van der Waals surface area contributed by atoms with Crippen molar-refractivity contribution in [3.63, 3.8) is 0 Å². The van der Waals surface area contributed by atoms with Crippen LogP contribution in [-0.4, -0.2) is 50.8 Å². The van der Waals surface area contributed by atoms with Gasteiger partial charge in [0.1, 0.15) is 26.9 Å². The molecule has 3 rings (SSSR count). The van der Waals surface area contributed by atoms with Gasteiger partial charge in [0.25, 0.3) is 20.2 Å². The van der Waals surface area contributed by atoms with E-state index >= 15 is 0 Å². The van der Waals surface area contributed by atoms with Crippen molar-refractivity contribution < 1.29 is 110 Å². The SMILES string of the molecule is COOSC.CSOO.Cc1c(S(=O)(=O)O)cc(N=Nc2ccccc2S(=O)(=O)O)c(N)c1N=Nc1ccccc1.[Y].[Y]. The predicted octanol–water partition coefficient (Wildman–Crippen LogP) is 6.49. The third kappa shape index (κ3) is 15.9. The average Bonchev–Trinajstić information content (AvgIpc) is 2.93. The summed E-state index contributed by atoms with van der Waals surface area (Å²) in [6.45, 7) is 1.38. The first-order chi connectivity index (χ1) is 19.3. The van der Waals surface area contributed by atoms with Crippen LogP contribution in [0, 0.1) is 6.92 Å². The number of nitrogens with two attached hydrogens (primary N) is 1. The second-order valence-electron chi connectivity index (χ2n) is 7.08. The zero-order valence-electron chi connectivity index (χ0n) is 23.1. The van der Waals surface area contributed by atoms with Crippen molar-refractivity contribution in [2.75, 3.05) is 25.4 Å². The summed E-state index contributed by atoms with van der Waals surface area (Å²) >= 11 is 2.09. The van der Waals surface area contributed by atoms with Crippen LogP contribution in [0.3, 0.4) is 0 Å². The molecule has 43 heavy (non-hydrogen) atoms. The number of benzene rings is 3. The van der Waals surface area contributed by atoms with Crippen LogP contribution in [-0.2, 0) is 99.2 Å². The summed E-state index contributed by atoms with van der Waals surface area (Å²) in [5.41, 5.74) is 5.99. The van der Waals surface area contributed by atoms with Crippen LogP contribution < -0.4 is 5.73 Å². The Kier molecular flexibility index (Phi) is 23.4. The first-order valence-corrected chi connectivity index (χ1v) is 15.9. The van der Waals surface area contributed by atoms with E-state index in [1.807, 2.05) is 0 Å². The van der Waals surface area contributed by atoms with Crippen LogP contribution in [0.15, 0.2) is 90.9 Å². The van der Waals surface area contributed by atoms with Crippen molar-refractivity contribution in [2.24, 2.45) is 20.5 Å². The molecule has 0 aliphatic rings. The molecule has 3 aromatic carbocycles. The molecular weight excluding hydrogens is 800 g/mol. The Balaban J connectivity index is 0. The maximum atomic E-state index is 11.9. The van der Waals surface area contributed by atoms with Crippen molar-refractivity contribution in [3.05, 3.63) is 66.2 Å². The summed E-state index contributed by atoms with van der Waals surface area (Å²) in [6, 6.07) is 14.8. The first-order valence-electron chi connectivity index (χ1n) is 10.7. The average molecular weight is 828 g/mol. The molecule has 0 fully saturated rings. The smallest absolute Gasteiger partial charge is 0.296 e. The molecule has 0 amide bonds. The largest absolute Gasteiger partial charge is 0.395 e. The monoisotopic (exact) mass is 827 g/mol. The Morgan fingerprint density at radius 1 is 0.767 bits per heavy atom. The zero-order valence-corrected chi connectivity index (χ0v) is 32.1. The van der Waals surface area contributed by atoms with Gasteiger partial charge in [0.05, 0.1) is 18.5 Å². The Labute approximate surface area is 308 Å². The van der Waals surface area contributed by atoms with Gasteiger partial charge in [0, 0.05) is 102 Å². The van der Waals surface area contributed by atoms with Crippen LogP contribution in [0.2, 0.25) is 0 Å². The number of rotatable bonds is 9. The molecule has 0 aromatic heterocycles. The molecule has 3 aromatic rings. The minimum atomic E-state index is -4.69. The normalized spacial score (nSPS) is 11.0. The van der Waals surface area contributed by atoms with Crippen molar-refractivity contribution in [3.8, 4) is 0 Å². The van der Waals surface area contributed by atoms with Gasteiger partial charge in [0.2, 0.25) is 0 Å². The summed E-state index contributed by atoms with van der Waals surface area (Å²) < 4.78 is 73.4. The van der Waals surface area contributed by atoms with Crippen LogP contribution in [0.25, 0.3) is 0 Å². The third-order valence-electron chi connectivity index (χ3n) is 4.44. The molecule has 0 saturated heterocycles. The molecule has 15 nitrogen and oxygen atoms in total. The molecule has 2 radical (unpaired) electrons. The number of hydrogen-bond donors (Lipinski definition) is 4. The second kappa shape index (κ2) is 22.7. The molecule has 0 bridgehead atoms. The Hall–Kier alpha value is -0.772. The molecule has 21 heteroatoms. The van der Waals surface area contributed by atoms with Crippen molar-refractivity contribution in [2.45, 2.75) is 16.7 Å². The van der Waals surface area contributed by atoms with Gasteiger partial charge in [-0.05, 0) is 42.8 Å². The van der Waals surface area contributed by atoms with E-state index in [2.05, 4.69) is 34.0 Å². The van der Waals surface area contributed by atoms with Gasteiger partial charge in [-0.3, -0.25) is 9.11 Å². The number of nitrogen functional groups attached to an aromatic ring is 1. The molecule has 5 N–H and O–H groups in total. The third-order valence-corrected chi connectivity index (χ3v) is 6.74. The van der Waals surface area contributed by atoms with E-state index in [4.69, 9.17) is 11.0 Å². The van der Waals surface area contributed by atoms with Gasteiger partial charge in [-0.25, -0.2) is 10.1 Å². The molecule has 0 atom stereocenters. The fourth-order valence-corrected chi connectivity index (χ4v) is 4.27. The molecule has 0 aliphatic carbocycles. The first kappa shape index (κ1) is 44.4. The summed E-state index contributed by atoms with van der Waals surface area (Å²) in [5.74, 6) is 0. The van der Waals surface area contributed by atoms with Crippen molar-refractivity contribution in [1.29, 1.82) is 0 Å². The molecule has 0 unspecified atom stereocenters. The van der Waals surface area contributed by atoms with Gasteiger partial charge in [-0.2, -0.15) is 30.6 Å². The topological polar surface area (TPSA) is 232 Å². The second-order valence-corrected chi connectivity index (χ2v) is 10.8. The van der Waals surface area contributed by atoms with E-state index in [0.29, 0.717) is 5.69 Å². The number of anilines is 1. The minimum Gasteiger partial charge on any atom is -0.395 e. The summed E-state index contributed by atoms with van der Waals surface area (Å²) in [6.07, 6.45) is 3.41. The summed E-state index contributed by atoms with van der Waals surface area (Å²) in [4.78, 5) is 3.13. The van der Waals surface area contributed by atoms with Gasteiger partial charge in [-0.15, -0.1) is 15.3 Å². The molecule has 0 aliphatic heterocycles. The standard InChI is InChI=1S/C19H17N5O6S2.C2H6O2S.CH4O2S.2Y/c1-12-17(32(28,29)30)11-15(18(20)19(12)24-21-13-7-3-2-4-8-13)23-22-14-9-5-6-10-16(14)31(25,26)27;1-3-4-5-2;1-4-3-2;;/h2-11H,20H2,1H3,(H,25,26,27)(H,28,29,30);1-2H3;2H,1H3;;. The Morgan fingerprint density at radius 2 is 1.28 bits per heavy atom. The fourth-order valence-electron chi connectivity index (χ4n) is 2.77. The molecule has 0 saturated carbocycles. The minimum absolute atomic E-state index is 0. The summed E-state index contributed by atoms with van der Waals surface area (Å²) in [5, 5.41) is 23.0. The van der Waals surface area contributed by atoms with Gasteiger partial charge >= 0.3 is 0 Å². The number of nitrogens with zero attached hydrogens (tertiary/aromatic N) is 4. The maximum Gasteiger partial charge on any atom is 0.296 e. The van der Waals surface area contributed by atoms with E-state index in [1.54, 1.807) is 42.8 Å². The fraction of sp³-hybridized carbons (Fsp3) is 0.182. The zero-order chi connectivity index (χ0) is 31.1. The van der Waals surface area contributed by atoms with Crippen LogP contribution in [0.1, 0.15) is 5.56 Å². The van der Waals surface area contributed by atoms with E-state index in [9.17, 15) is 25.9 Å².